The monoisotopic (exact) mass is 755 g/mol. The van der Waals surface area contributed by atoms with Gasteiger partial charge in [-0.2, -0.15) is 5.10 Å². The zero-order chi connectivity index (χ0) is 38.3. The summed E-state index contributed by atoms with van der Waals surface area (Å²) in [4.78, 5) is 64.8. The van der Waals surface area contributed by atoms with Crippen molar-refractivity contribution < 1.29 is 28.3 Å². The summed E-state index contributed by atoms with van der Waals surface area (Å²) in [6.07, 6.45) is 2.37. The summed E-state index contributed by atoms with van der Waals surface area (Å²) in [6, 6.07) is 21.1. The number of nitrogens with one attached hydrogen (secondary N) is 1. The number of para-hydroxylation sites is 1. The summed E-state index contributed by atoms with van der Waals surface area (Å²) < 4.78 is 24.0. The Morgan fingerprint density at radius 2 is 1.62 bits per heavy atom. The van der Waals surface area contributed by atoms with Gasteiger partial charge in [-0.05, 0) is 85.7 Å². The molecule has 5 aromatic rings. The van der Waals surface area contributed by atoms with Gasteiger partial charge < -0.3 is 15.4 Å². The highest BCUT2D eigenvalue weighted by atomic mass is 19.1. The number of amides is 4. The maximum Gasteiger partial charge on any atom is 0.262 e. The number of fused-ring (bicyclic) bond motifs is 2. The lowest BCUT2D eigenvalue weighted by atomic mass is 9.66. The fourth-order valence-corrected chi connectivity index (χ4v) is 9.21. The quantitative estimate of drug-likeness (QED) is 0.224. The first-order chi connectivity index (χ1) is 27.1. The lowest BCUT2D eigenvalue weighted by Crippen LogP contribution is -2.69. The summed E-state index contributed by atoms with van der Waals surface area (Å²) in [6.45, 7) is 3.12. The van der Waals surface area contributed by atoms with Gasteiger partial charge in [0, 0.05) is 49.9 Å². The van der Waals surface area contributed by atoms with E-state index >= 15 is 4.39 Å². The standard InChI is InChI=1S/C41H38FN9O5/c42-30-17-41(15-14-31(30)51-37-34(36(43)44-22-45-37)35(47-51)23-6-9-27(10-7-23)56-26-4-2-1-3-5-26)20-49(21-41)25-18-48(19-25)24-8-11-28-29(16-24)40(55)50(39(28)54)32-12-13-33(52)46-38(32)53/h1-11,16,22,25,30-32H,12-15,17-21H2,(H2,43,44,45)(H,46,52,53). The van der Waals surface area contributed by atoms with Crippen LogP contribution in [0.5, 0.6) is 11.5 Å². The van der Waals surface area contributed by atoms with Crippen molar-refractivity contribution in [2.24, 2.45) is 5.41 Å². The lowest BCUT2D eigenvalue weighted by Gasteiger charge is -2.60. The highest BCUT2D eigenvalue weighted by Crippen LogP contribution is 2.50. The number of rotatable bonds is 7. The zero-order valence-corrected chi connectivity index (χ0v) is 30.3. The molecule has 0 bridgehead atoms. The molecular formula is C41H38FN9O5. The Kier molecular flexibility index (Phi) is 7.92. The Labute approximate surface area is 320 Å². The number of anilines is 2. The molecule has 6 heterocycles. The van der Waals surface area contributed by atoms with Gasteiger partial charge in [-0.1, -0.05) is 18.2 Å². The summed E-state index contributed by atoms with van der Waals surface area (Å²) in [5.74, 6) is -0.362. The number of alkyl halides is 1. The van der Waals surface area contributed by atoms with Gasteiger partial charge in [0.05, 0.1) is 22.6 Å². The van der Waals surface area contributed by atoms with Crippen LogP contribution in [0.3, 0.4) is 0 Å². The zero-order valence-electron chi connectivity index (χ0n) is 30.3. The predicted molar refractivity (Wildman–Crippen MR) is 203 cm³/mol. The van der Waals surface area contributed by atoms with Gasteiger partial charge in [-0.3, -0.25) is 34.3 Å². The first-order valence-electron chi connectivity index (χ1n) is 19.0. The van der Waals surface area contributed by atoms with E-state index in [2.05, 4.69) is 25.1 Å². The Morgan fingerprint density at radius 3 is 2.38 bits per heavy atom. The van der Waals surface area contributed by atoms with Crippen LogP contribution in [0, 0.1) is 5.41 Å². The number of nitrogens with two attached hydrogens (primary N) is 1. The van der Waals surface area contributed by atoms with Crippen LogP contribution >= 0.6 is 0 Å². The molecule has 4 fully saturated rings. The molecule has 3 N–H and O–H groups in total. The van der Waals surface area contributed by atoms with Gasteiger partial charge in [0.1, 0.15) is 41.6 Å². The number of nitrogen functional groups attached to an aromatic ring is 1. The highest BCUT2D eigenvalue weighted by molar-refractivity contribution is 6.23. The summed E-state index contributed by atoms with van der Waals surface area (Å²) >= 11 is 0. The van der Waals surface area contributed by atoms with Gasteiger partial charge in [0.15, 0.2) is 5.65 Å². The van der Waals surface area contributed by atoms with E-state index in [9.17, 15) is 19.2 Å². The van der Waals surface area contributed by atoms with Crippen LogP contribution in [-0.4, -0.2) is 97.6 Å². The van der Waals surface area contributed by atoms with Crippen LogP contribution in [0.2, 0.25) is 0 Å². The molecule has 1 saturated carbocycles. The van der Waals surface area contributed by atoms with Crippen molar-refractivity contribution in [3.63, 3.8) is 0 Å². The van der Waals surface area contributed by atoms with E-state index in [1.165, 1.54) is 6.33 Å². The van der Waals surface area contributed by atoms with Crippen molar-refractivity contribution in [2.45, 2.75) is 56.4 Å². The van der Waals surface area contributed by atoms with Crippen LogP contribution in [0.15, 0.2) is 79.1 Å². The fraction of sp³-hybridized carbons (Fsp3) is 0.341. The average Bonchev–Trinajstić information content (AvgIpc) is 3.66. The molecule has 15 heteroatoms. The number of benzene rings is 3. The summed E-state index contributed by atoms with van der Waals surface area (Å²) in [5.41, 5.74) is 9.56. The number of nitrogens with zero attached hydrogens (tertiary/aromatic N) is 7. The first-order valence-corrected chi connectivity index (χ1v) is 19.0. The first kappa shape index (κ1) is 34.3. The molecule has 3 atom stereocenters. The normalized spacial score (nSPS) is 23.6. The number of halogens is 1. The van der Waals surface area contributed by atoms with Crippen LogP contribution in [0.25, 0.3) is 22.3 Å². The van der Waals surface area contributed by atoms with E-state index < -0.39 is 41.9 Å². The molecule has 0 radical (unpaired) electrons. The molecule has 1 spiro atoms. The minimum absolute atomic E-state index is 0.0739. The molecule has 4 aliphatic heterocycles. The van der Waals surface area contributed by atoms with Gasteiger partial charge in [0.2, 0.25) is 11.8 Å². The second kappa shape index (κ2) is 12.9. The number of ether oxygens (including phenoxy) is 1. The van der Waals surface area contributed by atoms with Crippen molar-refractivity contribution in [3.05, 3.63) is 90.3 Å². The van der Waals surface area contributed by atoms with Crippen molar-refractivity contribution in [2.75, 3.05) is 36.8 Å². The Balaban J connectivity index is 0.780. The second-order valence-electron chi connectivity index (χ2n) is 15.7. The topological polar surface area (TPSA) is 169 Å². The summed E-state index contributed by atoms with van der Waals surface area (Å²) in [7, 11) is 0. The molecule has 5 aliphatic rings. The number of carbonyl (C=O) groups is 4. The third kappa shape index (κ3) is 5.59. The van der Waals surface area contributed by atoms with Crippen LogP contribution in [0.4, 0.5) is 15.9 Å². The number of hydrogen-bond acceptors (Lipinski definition) is 11. The van der Waals surface area contributed by atoms with E-state index in [0.29, 0.717) is 47.2 Å². The number of carbonyl (C=O) groups excluding carboxylic acids is 4. The third-order valence-corrected chi connectivity index (χ3v) is 12.2. The van der Waals surface area contributed by atoms with Gasteiger partial charge in [0.25, 0.3) is 11.8 Å². The molecule has 284 valence electrons. The maximum absolute atomic E-state index is 16.3. The van der Waals surface area contributed by atoms with E-state index in [1.54, 1.807) is 16.8 Å². The molecule has 3 aromatic carbocycles. The number of piperidine rings is 1. The molecule has 3 saturated heterocycles. The number of imide groups is 2. The maximum atomic E-state index is 16.3. The molecular weight excluding hydrogens is 718 g/mol. The molecule has 3 unspecified atom stereocenters. The van der Waals surface area contributed by atoms with Crippen LogP contribution in [0.1, 0.15) is 58.9 Å². The minimum atomic E-state index is -1.12. The van der Waals surface area contributed by atoms with Crippen molar-refractivity contribution >= 4 is 46.2 Å². The van der Waals surface area contributed by atoms with Gasteiger partial charge in [-0.25, -0.2) is 19.0 Å². The molecule has 14 nitrogen and oxygen atoms in total. The van der Waals surface area contributed by atoms with Crippen molar-refractivity contribution in [3.8, 4) is 22.8 Å². The predicted octanol–water partition coefficient (Wildman–Crippen LogP) is 4.52. The van der Waals surface area contributed by atoms with Crippen LogP contribution in [-0.2, 0) is 9.59 Å². The molecule has 56 heavy (non-hydrogen) atoms. The number of hydrogen-bond donors (Lipinski definition) is 2. The summed E-state index contributed by atoms with van der Waals surface area (Å²) in [5, 5.41) is 7.77. The van der Waals surface area contributed by atoms with Crippen molar-refractivity contribution in [1.29, 1.82) is 0 Å². The lowest BCUT2D eigenvalue weighted by molar-refractivity contribution is -0.136. The minimum Gasteiger partial charge on any atom is -0.457 e. The SMILES string of the molecule is Nc1ncnc2c1c(-c1ccc(Oc3ccccc3)cc1)nn2C1CCC2(CC1F)CN(C1CN(c3ccc4c(c3)C(=O)N(C3CCC(=O)NC3=O)C4=O)C1)C2. The number of likely N-dealkylation sites (tertiary alicyclic amines) is 1. The van der Waals surface area contributed by atoms with E-state index in [1.807, 2.05) is 60.7 Å². The third-order valence-electron chi connectivity index (χ3n) is 12.2. The Hall–Kier alpha value is -6.22. The Morgan fingerprint density at radius 1 is 0.875 bits per heavy atom. The molecule has 10 rings (SSSR count). The van der Waals surface area contributed by atoms with Gasteiger partial charge >= 0.3 is 0 Å². The fourth-order valence-electron chi connectivity index (χ4n) is 9.21. The number of aromatic nitrogens is 4. The molecule has 4 amide bonds. The Bertz CT molecular complexity index is 2430. The van der Waals surface area contributed by atoms with Crippen molar-refractivity contribution in [1.82, 2.24) is 34.9 Å². The van der Waals surface area contributed by atoms with Gasteiger partial charge in [-0.15, -0.1) is 0 Å². The van der Waals surface area contributed by atoms with E-state index in [-0.39, 0.29) is 29.4 Å². The van der Waals surface area contributed by atoms with E-state index in [0.717, 1.165) is 54.5 Å². The average molecular weight is 756 g/mol. The molecule has 2 aromatic heterocycles. The van der Waals surface area contributed by atoms with Crippen LogP contribution < -0.4 is 20.7 Å². The highest BCUT2D eigenvalue weighted by Gasteiger charge is 2.53. The molecule has 1 aliphatic carbocycles. The second-order valence-corrected chi connectivity index (χ2v) is 15.7. The smallest absolute Gasteiger partial charge is 0.262 e. The van der Waals surface area contributed by atoms with E-state index in [4.69, 9.17) is 15.6 Å². The largest absolute Gasteiger partial charge is 0.457 e.